The molecule has 0 aromatic carbocycles. The molecular weight excluding hydrogens is 653 g/mol. The molecule has 0 aromatic rings. The van der Waals surface area contributed by atoms with Crippen molar-refractivity contribution in [3.63, 3.8) is 0 Å². The summed E-state index contributed by atoms with van der Waals surface area (Å²) < 4.78 is 9.81. The number of hydrogen-bond donors (Lipinski definition) is 0. The molecule has 4 heteroatoms. The van der Waals surface area contributed by atoms with Crippen LogP contribution in [0, 0.1) is 0 Å². The SMILES string of the molecule is C=CC(=O)OCCCCCCCCCCCC.C=CC(=O)OCCCCCCCCCCCC.CCCCCCCCCCCCCCCCCCC. The minimum absolute atomic E-state index is 0.305. The van der Waals surface area contributed by atoms with Crippen molar-refractivity contribution in [2.24, 2.45) is 0 Å². The molecule has 4 nitrogen and oxygen atoms in total. The zero-order chi connectivity index (χ0) is 39.6. The first-order valence-corrected chi connectivity index (χ1v) is 23.6. The van der Waals surface area contributed by atoms with Crippen molar-refractivity contribution in [1.82, 2.24) is 0 Å². The molecule has 0 atom stereocenters. The number of esters is 2. The lowest BCUT2D eigenvalue weighted by Crippen LogP contribution is -2.01. The maximum atomic E-state index is 10.7. The Morgan fingerprint density at radius 1 is 0.302 bits per heavy atom. The zero-order valence-corrected chi connectivity index (χ0v) is 36.8. The molecular formula is C49H96O4. The molecule has 53 heavy (non-hydrogen) atoms. The summed E-state index contributed by atoms with van der Waals surface area (Å²) in [6.45, 7) is 16.9. The van der Waals surface area contributed by atoms with Crippen LogP contribution in [0.15, 0.2) is 25.3 Å². The van der Waals surface area contributed by atoms with E-state index in [0.29, 0.717) is 13.2 Å². The average Bonchev–Trinajstić information content (AvgIpc) is 3.17. The van der Waals surface area contributed by atoms with Crippen LogP contribution in [-0.4, -0.2) is 25.2 Å². The van der Waals surface area contributed by atoms with Gasteiger partial charge < -0.3 is 9.47 Å². The standard InChI is InChI=1S/C19H40.2C15H28O2/c1-3-5-7-9-11-13-15-17-19-18-16-14-12-10-8-6-4-2;2*1-3-5-6-7-8-9-10-11-12-13-14-17-15(16)4-2/h3-19H2,1-2H3;2*4H,2-3,5-14H2,1H3. The van der Waals surface area contributed by atoms with Crippen molar-refractivity contribution < 1.29 is 19.1 Å². The lowest BCUT2D eigenvalue weighted by Gasteiger charge is -2.03. The number of carbonyl (C=O) groups excluding carboxylic acids is 2. The lowest BCUT2D eigenvalue weighted by molar-refractivity contribution is -0.138. The summed E-state index contributed by atoms with van der Waals surface area (Å²) in [7, 11) is 0. The van der Waals surface area contributed by atoms with Crippen LogP contribution in [0.5, 0.6) is 0 Å². The molecule has 0 heterocycles. The number of carbonyl (C=O) groups is 2. The van der Waals surface area contributed by atoms with Crippen LogP contribution in [0.2, 0.25) is 0 Å². The second kappa shape index (κ2) is 54.8. The Bertz CT molecular complexity index is 645. The predicted molar refractivity (Wildman–Crippen MR) is 236 cm³/mol. The third-order valence-electron chi connectivity index (χ3n) is 10.0. The minimum atomic E-state index is -0.305. The highest BCUT2D eigenvalue weighted by Crippen LogP contribution is 2.15. The lowest BCUT2D eigenvalue weighted by atomic mass is 10.0. The van der Waals surface area contributed by atoms with Crippen molar-refractivity contribution in [3.8, 4) is 0 Å². The summed E-state index contributed by atoms with van der Waals surface area (Å²) in [6, 6.07) is 0. The fourth-order valence-electron chi connectivity index (χ4n) is 6.44. The molecule has 0 spiro atoms. The van der Waals surface area contributed by atoms with E-state index in [1.807, 2.05) is 0 Å². The van der Waals surface area contributed by atoms with Crippen LogP contribution < -0.4 is 0 Å². The monoisotopic (exact) mass is 749 g/mol. The largest absolute Gasteiger partial charge is 0.463 e. The Hall–Kier alpha value is -1.58. The van der Waals surface area contributed by atoms with Gasteiger partial charge in [0.25, 0.3) is 0 Å². The second-order valence-corrected chi connectivity index (χ2v) is 15.4. The summed E-state index contributed by atoms with van der Waals surface area (Å²) in [6.07, 6.45) is 53.3. The number of hydrogen-bond acceptors (Lipinski definition) is 4. The van der Waals surface area contributed by atoms with Crippen LogP contribution in [0.1, 0.15) is 265 Å². The average molecular weight is 749 g/mol. The van der Waals surface area contributed by atoms with Gasteiger partial charge in [0.1, 0.15) is 0 Å². The smallest absolute Gasteiger partial charge is 0.330 e. The van der Waals surface area contributed by atoms with E-state index in [-0.39, 0.29) is 11.9 Å². The maximum absolute atomic E-state index is 10.7. The highest BCUT2D eigenvalue weighted by Gasteiger charge is 1.98. The van der Waals surface area contributed by atoms with Gasteiger partial charge in [-0.25, -0.2) is 9.59 Å². The highest BCUT2D eigenvalue weighted by molar-refractivity contribution is 5.81. The van der Waals surface area contributed by atoms with Crippen molar-refractivity contribution in [1.29, 1.82) is 0 Å². The molecule has 0 unspecified atom stereocenters. The Morgan fingerprint density at radius 3 is 0.604 bits per heavy atom. The van der Waals surface area contributed by atoms with Crippen molar-refractivity contribution >= 4 is 11.9 Å². The zero-order valence-electron chi connectivity index (χ0n) is 36.8. The van der Waals surface area contributed by atoms with Crippen molar-refractivity contribution in [3.05, 3.63) is 25.3 Å². The van der Waals surface area contributed by atoms with E-state index in [0.717, 1.165) is 12.8 Å². The summed E-state index contributed by atoms with van der Waals surface area (Å²) in [5.41, 5.74) is 0. The van der Waals surface area contributed by atoms with Crippen molar-refractivity contribution in [2.45, 2.75) is 265 Å². The van der Waals surface area contributed by atoms with Gasteiger partial charge in [0, 0.05) is 12.2 Å². The molecule has 0 bridgehead atoms. The first-order chi connectivity index (χ1) is 26.0. The quantitative estimate of drug-likeness (QED) is 0.0356. The van der Waals surface area contributed by atoms with Crippen LogP contribution in [0.25, 0.3) is 0 Å². The number of rotatable bonds is 40. The molecule has 0 aromatic heterocycles. The van der Waals surface area contributed by atoms with Gasteiger partial charge in [-0.1, -0.05) is 266 Å². The van der Waals surface area contributed by atoms with Gasteiger partial charge in [-0.2, -0.15) is 0 Å². The fourth-order valence-corrected chi connectivity index (χ4v) is 6.44. The first kappa shape index (κ1) is 55.8. The molecule has 0 aliphatic rings. The van der Waals surface area contributed by atoms with E-state index in [2.05, 4.69) is 40.9 Å². The van der Waals surface area contributed by atoms with Crippen LogP contribution in [0.4, 0.5) is 0 Å². The number of unbranched alkanes of at least 4 members (excludes halogenated alkanes) is 34. The van der Waals surface area contributed by atoms with Gasteiger partial charge in [0.2, 0.25) is 0 Å². The van der Waals surface area contributed by atoms with Gasteiger partial charge in [-0.05, 0) is 12.8 Å². The maximum Gasteiger partial charge on any atom is 0.330 e. The third kappa shape index (κ3) is 59.9. The van der Waals surface area contributed by atoms with E-state index in [4.69, 9.17) is 9.47 Å². The molecule has 0 aliphatic carbocycles. The van der Waals surface area contributed by atoms with Gasteiger partial charge in [-0.3, -0.25) is 0 Å². The van der Waals surface area contributed by atoms with Gasteiger partial charge >= 0.3 is 11.9 Å². The summed E-state index contributed by atoms with van der Waals surface area (Å²) in [5, 5.41) is 0. The number of ether oxygens (including phenoxy) is 2. The fraction of sp³-hybridized carbons (Fsp3) is 0.878. The van der Waals surface area contributed by atoms with Gasteiger partial charge in [0.05, 0.1) is 13.2 Å². The van der Waals surface area contributed by atoms with E-state index in [1.54, 1.807) is 0 Å². The van der Waals surface area contributed by atoms with E-state index < -0.39 is 0 Å². The molecule has 0 N–H and O–H groups in total. The molecule has 0 rings (SSSR count). The first-order valence-electron chi connectivity index (χ1n) is 23.6. The van der Waals surface area contributed by atoms with Crippen LogP contribution in [0.3, 0.4) is 0 Å². The Labute approximate surface area is 333 Å². The summed E-state index contributed by atoms with van der Waals surface area (Å²) >= 11 is 0. The highest BCUT2D eigenvalue weighted by atomic mass is 16.5. The molecule has 0 saturated heterocycles. The van der Waals surface area contributed by atoms with E-state index >= 15 is 0 Å². The molecule has 0 radical (unpaired) electrons. The van der Waals surface area contributed by atoms with Gasteiger partial charge in [-0.15, -0.1) is 0 Å². The van der Waals surface area contributed by atoms with Crippen molar-refractivity contribution in [2.75, 3.05) is 13.2 Å². The minimum Gasteiger partial charge on any atom is -0.463 e. The van der Waals surface area contributed by atoms with E-state index in [1.165, 1.54) is 237 Å². The normalized spacial score (nSPS) is 10.5. The molecule has 0 aliphatic heterocycles. The second-order valence-electron chi connectivity index (χ2n) is 15.4. The van der Waals surface area contributed by atoms with E-state index in [9.17, 15) is 9.59 Å². The molecule has 316 valence electrons. The summed E-state index contributed by atoms with van der Waals surface area (Å²) in [4.78, 5) is 21.5. The van der Waals surface area contributed by atoms with Gasteiger partial charge in [0.15, 0.2) is 0 Å². The molecule has 0 amide bonds. The predicted octanol–water partition coefficient (Wildman–Crippen LogP) is 16.9. The van der Waals surface area contributed by atoms with Crippen LogP contribution in [-0.2, 0) is 19.1 Å². The molecule has 0 saturated carbocycles. The Kier molecular flexibility index (Phi) is 57.6. The third-order valence-corrected chi connectivity index (χ3v) is 10.0. The Morgan fingerprint density at radius 2 is 0.453 bits per heavy atom. The topological polar surface area (TPSA) is 52.6 Å². The van der Waals surface area contributed by atoms with Crippen LogP contribution >= 0.6 is 0 Å². The summed E-state index contributed by atoms with van der Waals surface area (Å²) in [5.74, 6) is -0.609. The Balaban J connectivity index is -0.000000709. The molecule has 0 fully saturated rings.